The molecule has 5 N–H and O–H groups in total. The van der Waals surface area contributed by atoms with Crippen LogP contribution < -0.4 is 20.5 Å². The summed E-state index contributed by atoms with van der Waals surface area (Å²) in [6.45, 7) is 6.51. The number of rotatable bonds is 8. The molecule has 2 aromatic rings. The van der Waals surface area contributed by atoms with Gasteiger partial charge in [0.2, 0.25) is 11.6 Å². The second kappa shape index (κ2) is 8.70. The third kappa shape index (κ3) is 3.98. The van der Waals surface area contributed by atoms with Gasteiger partial charge in [-0.3, -0.25) is 5.32 Å². The average Bonchev–Trinajstić information content (AvgIpc) is 3.19. The summed E-state index contributed by atoms with van der Waals surface area (Å²) in [4.78, 5) is 4.89. The van der Waals surface area contributed by atoms with Crippen LogP contribution in [0.5, 0.6) is 0 Å². The van der Waals surface area contributed by atoms with E-state index in [0.717, 1.165) is 49.0 Å². The summed E-state index contributed by atoms with van der Waals surface area (Å²) >= 11 is 0. The molecule has 1 unspecified atom stereocenters. The Labute approximate surface area is 153 Å². The maximum Gasteiger partial charge on any atom is 0.237 e. The molecule has 0 aromatic carbocycles. The lowest BCUT2D eigenvalue weighted by Crippen LogP contribution is -3.11. The average molecular weight is 357 g/mol. The highest BCUT2D eigenvalue weighted by molar-refractivity contribution is 5.60. The van der Waals surface area contributed by atoms with Crippen LogP contribution in [0.15, 0.2) is 22.8 Å². The molecule has 1 aliphatic rings. The SMILES string of the molecule is CC[NH+]1CCc2c(C#N)c(NCCCO)[nH+]c(NCc3ccco3)c2C1. The number of fused-ring (bicyclic) bond motifs is 1. The molecule has 3 heterocycles. The zero-order chi connectivity index (χ0) is 18.4. The fraction of sp³-hybridized carbons (Fsp3) is 0.474. The van der Waals surface area contributed by atoms with Gasteiger partial charge in [0.1, 0.15) is 30.5 Å². The molecular weight excluding hydrogens is 330 g/mol. The number of aromatic amines is 1. The molecule has 0 saturated heterocycles. The first-order valence-electron chi connectivity index (χ1n) is 9.22. The minimum Gasteiger partial charge on any atom is -0.466 e. The summed E-state index contributed by atoms with van der Waals surface area (Å²) in [6, 6.07) is 6.18. The van der Waals surface area contributed by atoms with Gasteiger partial charge in [-0.15, -0.1) is 0 Å². The molecule has 138 valence electrons. The summed E-state index contributed by atoms with van der Waals surface area (Å²) in [5.74, 6) is 2.52. The Bertz CT molecular complexity index is 767. The molecule has 7 nitrogen and oxygen atoms in total. The van der Waals surface area contributed by atoms with Crippen LogP contribution in [0.25, 0.3) is 0 Å². The molecule has 0 saturated carbocycles. The fourth-order valence-corrected chi connectivity index (χ4v) is 3.42. The van der Waals surface area contributed by atoms with E-state index in [1.54, 1.807) is 6.26 Å². The first kappa shape index (κ1) is 18.2. The van der Waals surface area contributed by atoms with Crippen molar-refractivity contribution in [3.8, 4) is 6.07 Å². The van der Waals surface area contributed by atoms with Gasteiger partial charge < -0.3 is 19.7 Å². The van der Waals surface area contributed by atoms with E-state index in [9.17, 15) is 5.26 Å². The second-order valence-corrected chi connectivity index (χ2v) is 6.54. The molecule has 1 aliphatic heterocycles. The van der Waals surface area contributed by atoms with Crippen LogP contribution in [-0.4, -0.2) is 31.3 Å². The minimum absolute atomic E-state index is 0.123. The number of nitriles is 1. The third-order valence-electron chi connectivity index (χ3n) is 4.89. The highest BCUT2D eigenvalue weighted by Crippen LogP contribution is 2.26. The standard InChI is InChI=1S/C19H25N5O2/c1-2-24-8-6-15-16(11-20)18(21-7-4-9-25)23-19(17(15)13-24)22-12-14-5-3-10-26-14/h3,5,10,25H,2,4,6-9,12-13H2,1H3,(H2,21,22,23)/p+2. The van der Waals surface area contributed by atoms with Gasteiger partial charge in [-0.25, -0.2) is 4.98 Å². The van der Waals surface area contributed by atoms with Gasteiger partial charge in [-0.2, -0.15) is 5.26 Å². The van der Waals surface area contributed by atoms with Crippen LogP contribution in [-0.2, 0) is 19.5 Å². The van der Waals surface area contributed by atoms with Crippen LogP contribution in [0.4, 0.5) is 11.6 Å². The first-order valence-corrected chi connectivity index (χ1v) is 9.22. The normalized spacial score (nSPS) is 16.0. The molecule has 0 radical (unpaired) electrons. The number of nitrogens with zero attached hydrogens (tertiary/aromatic N) is 1. The predicted molar refractivity (Wildman–Crippen MR) is 97.7 cm³/mol. The van der Waals surface area contributed by atoms with E-state index in [-0.39, 0.29) is 6.61 Å². The molecule has 1 atom stereocenters. The van der Waals surface area contributed by atoms with Crippen molar-refractivity contribution in [1.82, 2.24) is 0 Å². The van der Waals surface area contributed by atoms with Crippen LogP contribution in [0.2, 0.25) is 0 Å². The summed E-state index contributed by atoms with van der Waals surface area (Å²) in [6.07, 6.45) is 3.19. The van der Waals surface area contributed by atoms with Crippen molar-refractivity contribution >= 4 is 11.6 Å². The quantitative estimate of drug-likeness (QED) is 0.510. The van der Waals surface area contributed by atoms with Crippen LogP contribution >= 0.6 is 0 Å². The molecule has 0 spiro atoms. The number of anilines is 2. The summed E-state index contributed by atoms with van der Waals surface area (Å²) in [5, 5.41) is 25.5. The number of aliphatic hydroxyl groups excluding tert-OH is 1. The van der Waals surface area contributed by atoms with E-state index in [4.69, 9.17) is 9.52 Å². The van der Waals surface area contributed by atoms with Gasteiger partial charge in [-0.05, 0) is 24.6 Å². The summed E-state index contributed by atoms with van der Waals surface area (Å²) in [5.41, 5.74) is 3.00. The Morgan fingerprint density at radius 2 is 2.23 bits per heavy atom. The maximum absolute atomic E-state index is 9.72. The summed E-state index contributed by atoms with van der Waals surface area (Å²) in [7, 11) is 0. The molecule has 3 rings (SSSR count). The van der Waals surface area contributed by atoms with Crippen molar-refractivity contribution in [1.29, 1.82) is 5.26 Å². The molecule has 0 fully saturated rings. The predicted octanol–water partition coefficient (Wildman–Crippen LogP) is 0.333. The van der Waals surface area contributed by atoms with Crippen molar-refractivity contribution in [3.05, 3.63) is 40.8 Å². The Balaban J connectivity index is 1.93. The van der Waals surface area contributed by atoms with E-state index in [1.807, 2.05) is 12.1 Å². The van der Waals surface area contributed by atoms with Gasteiger partial charge in [0, 0.05) is 19.4 Å². The number of H-pyrrole nitrogens is 1. The fourth-order valence-electron chi connectivity index (χ4n) is 3.42. The lowest BCUT2D eigenvalue weighted by molar-refractivity contribution is -0.914. The largest absolute Gasteiger partial charge is 0.466 e. The van der Waals surface area contributed by atoms with Crippen molar-refractivity contribution < 1.29 is 19.4 Å². The molecule has 0 bridgehead atoms. The number of likely N-dealkylation sites (N-methyl/N-ethyl adjacent to an activating group) is 1. The van der Waals surface area contributed by atoms with E-state index in [1.165, 1.54) is 10.5 Å². The van der Waals surface area contributed by atoms with Gasteiger partial charge in [0.25, 0.3) is 0 Å². The van der Waals surface area contributed by atoms with Gasteiger partial charge >= 0.3 is 0 Å². The van der Waals surface area contributed by atoms with E-state index in [2.05, 4.69) is 28.6 Å². The zero-order valence-electron chi connectivity index (χ0n) is 15.2. The van der Waals surface area contributed by atoms with Crippen LogP contribution in [0.1, 0.15) is 35.8 Å². The Kier molecular flexibility index (Phi) is 6.10. The van der Waals surface area contributed by atoms with Gasteiger partial charge in [0.05, 0.1) is 31.5 Å². The Morgan fingerprint density at radius 1 is 1.35 bits per heavy atom. The van der Waals surface area contributed by atoms with Crippen molar-refractivity contribution in [3.63, 3.8) is 0 Å². The molecular formula is C19H27N5O2+2. The molecule has 7 heteroatoms. The number of furan rings is 1. The summed E-state index contributed by atoms with van der Waals surface area (Å²) < 4.78 is 5.42. The zero-order valence-corrected chi connectivity index (χ0v) is 15.2. The minimum atomic E-state index is 0.123. The highest BCUT2D eigenvalue weighted by atomic mass is 16.3. The molecule has 2 aromatic heterocycles. The number of aliphatic hydroxyl groups is 1. The third-order valence-corrected chi connectivity index (χ3v) is 4.89. The first-order chi connectivity index (χ1) is 12.8. The smallest absolute Gasteiger partial charge is 0.237 e. The molecule has 0 aliphatic carbocycles. The van der Waals surface area contributed by atoms with Crippen molar-refractivity contribution in [2.24, 2.45) is 0 Å². The monoisotopic (exact) mass is 357 g/mol. The van der Waals surface area contributed by atoms with Crippen molar-refractivity contribution in [2.45, 2.75) is 32.9 Å². The lowest BCUT2D eigenvalue weighted by Gasteiger charge is -2.26. The lowest BCUT2D eigenvalue weighted by atomic mass is 9.95. The maximum atomic E-state index is 9.72. The number of quaternary nitrogens is 1. The van der Waals surface area contributed by atoms with Crippen LogP contribution in [0, 0.1) is 11.3 Å². The number of hydrogen-bond acceptors (Lipinski definition) is 5. The van der Waals surface area contributed by atoms with Crippen molar-refractivity contribution in [2.75, 3.05) is 36.9 Å². The second-order valence-electron chi connectivity index (χ2n) is 6.54. The van der Waals surface area contributed by atoms with E-state index >= 15 is 0 Å². The van der Waals surface area contributed by atoms with Crippen LogP contribution in [0.3, 0.4) is 0 Å². The highest BCUT2D eigenvalue weighted by Gasteiger charge is 2.29. The van der Waals surface area contributed by atoms with E-state index < -0.39 is 0 Å². The number of nitrogens with one attached hydrogen (secondary N) is 4. The van der Waals surface area contributed by atoms with Gasteiger partial charge in [-0.1, -0.05) is 0 Å². The Hall–Kier alpha value is -2.56. The molecule has 26 heavy (non-hydrogen) atoms. The Morgan fingerprint density at radius 3 is 2.92 bits per heavy atom. The number of pyridine rings is 1. The van der Waals surface area contributed by atoms with Gasteiger partial charge in [0.15, 0.2) is 0 Å². The molecule has 0 amide bonds. The van der Waals surface area contributed by atoms with E-state index in [0.29, 0.717) is 25.1 Å². The topological polar surface area (TPSA) is 99.8 Å². The number of aromatic nitrogens is 1. The number of hydrogen-bond donors (Lipinski definition) is 4.